The number of hydrogen-bond acceptors (Lipinski definition) is 5. The molecular formula is C23H19ClN2O4. The van der Waals surface area contributed by atoms with E-state index < -0.39 is 5.91 Å². The van der Waals surface area contributed by atoms with E-state index in [2.05, 4.69) is 10.3 Å². The summed E-state index contributed by atoms with van der Waals surface area (Å²) in [4.78, 5) is 17.5. The SMILES string of the molecule is COc1cccc(OC)c1C(=O)Nc1cc(-c2nc3cc(C)ccc3o2)ccc1Cl. The number of aryl methyl sites for hydroxylation is 1. The van der Waals surface area contributed by atoms with E-state index in [9.17, 15) is 4.79 Å². The van der Waals surface area contributed by atoms with E-state index in [1.165, 1.54) is 14.2 Å². The van der Waals surface area contributed by atoms with E-state index in [-0.39, 0.29) is 5.56 Å². The smallest absolute Gasteiger partial charge is 0.263 e. The Hall–Kier alpha value is -3.51. The number of methoxy groups -OCH3 is 2. The molecule has 6 nitrogen and oxygen atoms in total. The van der Waals surface area contributed by atoms with Crippen LogP contribution in [-0.4, -0.2) is 25.1 Å². The molecule has 0 unspecified atom stereocenters. The second kappa shape index (κ2) is 8.08. The number of hydrogen-bond donors (Lipinski definition) is 1. The summed E-state index contributed by atoms with van der Waals surface area (Å²) in [6.07, 6.45) is 0. The van der Waals surface area contributed by atoms with Gasteiger partial charge in [0.25, 0.3) is 5.91 Å². The van der Waals surface area contributed by atoms with Crippen LogP contribution in [0, 0.1) is 6.92 Å². The van der Waals surface area contributed by atoms with Crippen molar-refractivity contribution in [3.8, 4) is 23.0 Å². The molecule has 152 valence electrons. The zero-order valence-electron chi connectivity index (χ0n) is 16.7. The molecule has 1 amide bonds. The van der Waals surface area contributed by atoms with Crippen molar-refractivity contribution in [1.29, 1.82) is 0 Å². The minimum absolute atomic E-state index is 0.279. The fraction of sp³-hybridized carbons (Fsp3) is 0.130. The number of carbonyl (C=O) groups is 1. The Kier molecular flexibility index (Phi) is 5.33. The number of benzene rings is 3. The first-order valence-electron chi connectivity index (χ1n) is 9.19. The number of aromatic nitrogens is 1. The van der Waals surface area contributed by atoms with Crippen LogP contribution in [0.3, 0.4) is 0 Å². The van der Waals surface area contributed by atoms with Crippen LogP contribution in [0.1, 0.15) is 15.9 Å². The van der Waals surface area contributed by atoms with Crippen LogP contribution in [0.5, 0.6) is 11.5 Å². The number of ether oxygens (including phenoxy) is 2. The number of anilines is 1. The number of nitrogens with zero attached hydrogens (tertiary/aromatic N) is 1. The molecule has 0 saturated heterocycles. The summed E-state index contributed by atoms with van der Waals surface area (Å²) in [6.45, 7) is 2.00. The maximum Gasteiger partial charge on any atom is 0.263 e. The van der Waals surface area contributed by atoms with Gasteiger partial charge in [-0.25, -0.2) is 4.98 Å². The van der Waals surface area contributed by atoms with Crippen molar-refractivity contribution in [2.45, 2.75) is 6.92 Å². The number of carbonyl (C=O) groups excluding carboxylic acids is 1. The predicted molar refractivity (Wildman–Crippen MR) is 117 cm³/mol. The van der Waals surface area contributed by atoms with E-state index in [4.69, 9.17) is 25.5 Å². The summed E-state index contributed by atoms with van der Waals surface area (Å²) in [5, 5.41) is 3.21. The van der Waals surface area contributed by atoms with Crippen molar-refractivity contribution in [3.05, 3.63) is 70.7 Å². The molecule has 3 aromatic carbocycles. The molecule has 0 aliphatic heterocycles. The summed E-state index contributed by atoms with van der Waals surface area (Å²) >= 11 is 6.33. The van der Waals surface area contributed by atoms with Crippen LogP contribution in [0.4, 0.5) is 5.69 Å². The van der Waals surface area contributed by atoms with Crippen LogP contribution in [0.2, 0.25) is 5.02 Å². The van der Waals surface area contributed by atoms with Gasteiger partial charge in [-0.2, -0.15) is 0 Å². The van der Waals surface area contributed by atoms with Crippen LogP contribution in [0.15, 0.2) is 59.0 Å². The topological polar surface area (TPSA) is 73.6 Å². The second-order valence-corrected chi connectivity index (χ2v) is 7.08. The van der Waals surface area contributed by atoms with Gasteiger partial charge < -0.3 is 19.2 Å². The molecule has 4 rings (SSSR count). The quantitative estimate of drug-likeness (QED) is 0.444. The lowest BCUT2D eigenvalue weighted by atomic mass is 10.1. The van der Waals surface area contributed by atoms with Gasteiger partial charge in [-0.3, -0.25) is 4.79 Å². The molecule has 0 atom stereocenters. The zero-order chi connectivity index (χ0) is 21.3. The summed E-state index contributed by atoms with van der Waals surface area (Å²) in [5.74, 6) is 0.830. The standard InChI is InChI=1S/C23H19ClN2O4/c1-13-7-10-18-17(11-13)26-23(30-18)14-8-9-15(24)16(12-14)25-22(27)21-19(28-2)5-4-6-20(21)29-3/h4-12H,1-3H3,(H,25,27). The highest BCUT2D eigenvalue weighted by atomic mass is 35.5. The summed E-state index contributed by atoms with van der Waals surface area (Å²) < 4.78 is 16.5. The van der Waals surface area contributed by atoms with Crippen LogP contribution < -0.4 is 14.8 Å². The third-order valence-electron chi connectivity index (χ3n) is 4.66. The van der Waals surface area contributed by atoms with Crippen molar-refractivity contribution in [3.63, 3.8) is 0 Å². The minimum atomic E-state index is -0.406. The largest absolute Gasteiger partial charge is 0.496 e. The highest BCUT2D eigenvalue weighted by Crippen LogP contribution is 2.33. The number of amides is 1. The minimum Gasteiger partial charge on any atom is -0.496 e. The first-order valence-corrected chi connectivity index (χ1v) is 9.57. The maximum atomic E-state index is 13.0. The fourth-order valence-corrected chi connectivity index (χ4v) is 3.34. The van der Waals surface area contributed by atoms with Crippen molar-refractivity contribution in [1.82, 2.24) is 4.98 Å². The van der Waals surface area contributed by atoms with Crippen molar-refractivity contribution in [2.75, 3.05) is 19.5 Å². The number of nitrogens with one attached hydrogen (secondary N) is 1. The lowest BCUT2D eigenvalue weighted by molar-refractivity contribution is 0.102. The Morgan fingerprint density at radius 2 is 1.77 bits per heavy atom. The van der Waals surface area contributed by atoms with E-state index in [0.29, 0.717) is 39.2 Å². The van der Waals surface area contributed by atoms with Gasteiger partial charge in [-0.1, -0.05) is 23.7 Å². The highest BCUT2D eigenvalue weighted by molar-refractivity contribution is 6.34. The summed E-state index contributed by atoms with van der Waals surface area (Å²) in [7, 11) is 2.99. The third-order valence-corrected chi connectivity index (χ3v) is 4.99. The molecule has 0 spiro atoms. The Morgan fingerprint density at radius 3 is 2.47 bits per heavy atom. The molecule has 30 heavy (non-hydrogen) atoms. The first kappa shape index (κ1) is 19.8. The average Bonchev–Trinajstić information content (AvgIpc) is 3.17. The number of rotatable bonds is 5. The fourth-order valence-electron chi connectivity index (χ4n) is 3.17. The van der Waals surface area contributed by atoms with Crippen LogP contribution >= 0.6 is 11.6 Å². The van der Waals surface area contributed by atoms with Crippen molar-refractivity contribution >= 4 is 34.3 Å². The van der Waals surface area contributed by atoms with Gasteiger partial charge in [0.1, 0.15) is 22.6 Å². The Labute approximate surface area is 178 Å². The van der Waals surface area contributed by atoms with E-state index >= 15 is 0 Å². The predicted octanol–water partition coefficient (Wildman–Crippen LogP) is 5.73. The van der Waals surface area contributed by atoms with Gasteiger partial charge in [-0.05, 0) is 55.0 Å². The molecule has 1 aromatic heterocycles. The Morgan fingerprint density at radius 1 is 1.03 bits per heavy atom. The molecule has 0 saturated carbocycles. The normalized spacial score (nSPS) is 10.8. The van der Waals surface area contributed by atoms with Gasteiger partial charge in [0.2, 0.25) is 5.89 Å². The van der Waals surface area contributed by atoms with Gasteiger partial charge >= 0.3 is 0 Å². The molecule has 7 heteroatoms. The second-order valence-electron chi connectivity index (χ2n) is 6.68. The van der Waals surface area contributed by atoms with E-state index in [1.54, 1.807) is 36.4 Å². The molecule has 0 bridgehead atoms. The molecular weight excluding hydrogens is 404 g/mol. The van der Waals surface area contributed by atoms with E-state index in [1.807, 2.05) is 25.1 Å². The summed E-state index contributed by atoms with van der Waals surface area (Å²) in [5.41, 5.74) is 3.94. The highest BCUT2D eigenvalue weighted by Gasteiger charge is 2.20. The number of fused-ring (bicyclic) bond motifs is 1. The van der Waals surface area contributed by atoms with Gasteiger partial charge in [0.15, 0.2) is 5.58 Å². The Balaban J connectivity index is 1.70. The average molecular weight is 423 g/mol. The molecule has 0 radical (unpaired) electrons. The van der Waals surface area contributed by atoms with Crippen LogP contribution in [0.25, 0.3) is 22.6 Å². The van der Waals surface area contributed by atoms with Crippen LogP contribution in [-0.2, 0) is 0 Å². The molecule has 0 aliphatic carbocycles. The van der Waals surface area contributed by atoms with E-state index in [0.717, 1.165) is 11.1 Å². The molecule has 4 aromatic rings. The third kappa shape index (κ3) is 3.69. The summed E-state index contributed by atoms with van der Waals surface area (Å²) in [6, 6.07) is 16.1. The Bertz CT molecular complexity index is 1230. The molecule has 1 heterocycles. The van der Waals surface area contributed by atoms with Gasteiger partial charge in [-0.15, -0.1) is 0 Å². The lowest BCUT2D eigenvalue weighted by Crippen LogP contribution is -2.15. The zero-order valence-corrected chi connectivity index (χ0v) is 17.4. The van der Waals surface area contributed by atoms with Crippen molar-refractivity contribution < 1.29 is 18.7 Å². The van der Waals surface area contributed by atoms with Gasteiger partial charge in [0.05, 0.1) is 24.9 Å². The number of halogens is 1. The number of oxazole rings is 1. The maximum absolute atomic E-state index is 13.0. The molecule has 0 fully saturated rings. The van der Waals surface area contributed by atoms with Gasteiger partial charge in [0, 0.05) is 5.56 Å². The molecule has 1 N–H and O–H groups in total. The van der Waals surface area contributed by atoms with Crippen molar-refractivity contribution in [2.24, 2.45) is 0 Å². The lowest BCUT2D eigenvalue weighted by Gasteiger charge is -2.14. The first-order chi connectivity index (χ1) is 14.5. The monoisotopic (exact) mass is 422 g/mol. The molecule has 0 aliphatic rings.